The van der Waals surface area contributed by atoms with Gasteiger partial charge in [-0.15, -0.1) is 11.6 Å². The third-order valence-electron chi connectivity index (χ3n) is 3.62. The van der Waals surface area contributed by atoms with Crippen LogP contribution in [0.1, 0.15) is 42.5 Å². The summed E-state index contributed by atoms with van der Waals surface area (Å²) in [6, 6.07) is 4.54. The Labute approximate surface area is 105 Å². The SMILES string of the molecule is CCC(C)(CCl)Cc1c(C)cc(C)cc1C. The average molecular weight is 239 g/mol. The van der Waals surface area contributed by atoms with E-state index in [9.17, 15) is 0 Å². The van der Waals surface area contributed by atoms with Crippen molar-refractivity contribution in [1.82, 2.24) is 0 Å². The standard InChI is InChI=1S/C15H23Cl/c1-6-15(5,10-16)9-14-12(3)7-11(2)8-13(14)4/h7-8H,6,9-10H2,1-5H3. The fourth-order valence-corrected chi connectivity index (χ4v) is 2.47. The van der Waals surface area contributed by atoms with Gasteiger partial charge in [0.15, 0.2) is 0 Å². The lowest BCUT2D eigenvalue weighted by molar-refractivity contribution is 0.354. The van der Waals surface area contributed by atoms with Crippen molar-refractivity contribution < 1.29 is 0 Å². The van der Waals surface area contributed by atoms with Crippen LogP contribution in [-0.2, 0) is 6.42 Å². The molecule has 1 rings (SSSR count). The maximum absolute atomic E-state index is 6.09. The van der Waals surface area contributed by atoms with E-state index in [1.54, 1.807) is 0 Å². The number of hydrogen-bond donors (Lipinski definition) is 0. The van der Waals surface area contributed by atoms with Crippen molar-refractivity contribution in [3.05, 3.63) is 34.4 Å². The lowest BCUT2D eigenvalue weighted by Gasteiger charge is -2.27. The van der Waals surface area contributed by atoms with E-state index in [0.717, 1.165) is 18.7 Å². The van der Waals surface area contributed by atoms with Crippen LogP contribution < -0.4 is 0 Å². The van der Waals surface area contributed by atoms with Crippen LogP contribution >= 0.6 is 11.6 Å². The zero-order valence-electron chi connectivity index (χ0n) is 11.2. The molecule has 1 atom stereocenters. The van der Waals surface area contributed by atoms with Crippen LogP contribution in [0.15, 0.2) is 12.1 Å². The van der Waals surface area contributed by atoms with Crippen molar-refractivity contribution in [2.24, 2.45) is 5.41 Å². The minimum atomic E-state index is 0.229. The molecule has 0 nitrogen and oxygen atoms in total. The van der Waals surface area contributed by atoms with Gasteiger partial charge in [0.2, 0.25) is 0 Å². The van der Waals surface area contributed by atoms with E-state index < -0.39 is 0 Å². The van der Waals surface area contributed by atoms with Crippen LogP contribution in [0.25, 0.3) is 0 Å². The minimum Gasteiger partial charge on any atom is -0.126 e. The highest BCUT2D eigenvalue weighted by atomic mass is 35.5. The topological polar surface area (TPSA) is 0 Å². The van der Waals surface area contributed by atoms with Gasteiger partial charge < -0.3 is 0 Å². The van der Waals surface area contributed by atoms with E-state index in [0.29, 0.717) is 0 Å². The molecule has 0 saturated heterocycles. The van der Waals surface area contributed by atoms with E-state index in [2.05, 4.69) is 46.8 Å². The molecule has 0 bridgehead atoms. The third-order valence-corrected chi connectivity index (χ3v) is 4.27. The van der Waals surface area contributed by atoms with Gasteiger partial charge in [-0.3, -0.25) is 0 Å². The first-order valence-electron chi connectivity index (χ1n) is 6.04. The first-order chi connectivity index (χ1) is 7.41. The second-order valence-corrected chi connectivity index (χ2v) is 5.62. The van der Waals surface area contributed by atoms with Gasteiger partial charge >= 0.3 is 0 Å². The lowest BCUT2D eigenvalue weighted by atomic mass is 9.80. The Hall–Kier alpha value is -0.490. The second kappa shape index (κ2) is 5.23. The van der Waals surface area contributed by atoms with Crippen molar-refractivity contribution in [3.8, 4) is 0 Å². The number of aryl methyl sites for hydroxylation is 3. The van der Waals surface area contributed by atoms with Crippen LogP contribution in [0.4, 0.5) is 0 Å². The molecule has 0 aliphatic rings. The largest absolute Gasteiger partial charge is 0.126 e. The monoisotopic (exact) mass is 238 g/mol. The Morgan fingerprint density at radius 3 is 2.00 bits per heavy atom. The van der Waals surface area contributed by atoms with Gasteiger partial charge in [0.1, 0.15) is 0 Å². The summed E-state index contributed by atoms with van der Waals surface area (Å²) in [5.74, 6) is 0.732. The molecule has 0 N–H and O–H groups in total. The van der Waals surface area contributed by atoms with Crippen LogP contribution in [-0.4, -0.2) is 5.88 Å². The van der Waals surface area contributed by atoms with Crippen LogP contribution in [0.2, 0.25) is 0 Å². The van der Waals surface area contributed by atoms with Crippen molar-refractivity contribution in [2.45, 2.75) is 47.5 Å². The second-order valence-electron chi connectivity index (χ2n) is 5.35. The van der Waals surface area contributed by atoms with Gasteiger partial charge in [0, 0.05) is 5.88 Å². The Bertz CT molecular complexity index is 339. The van der Waals surface area contributed by atoms with Gasteiger partial charge in [-0.25, -0.2) is 0 Å². The molecule has 0 fully saturated rings. The van der Waals surface area contributed by atoms with Crippen molar-refractivity contribution in [2.75, 3.05) is 5.88 Å². The minimum absolute atomic E-state index is 0.229. The Morgan fingerprint density at radius 2 is 1.62 bits per heavy atom. The quantitative estimate of drug-likeness (QED) is 0.661. The molecule has 0 radical (unpaired) electrons. The maximum Gasteiger partial charge on any atom is 0.0280 e. The molecular formula is C15H23Cl. The number of halogens is 1. The zero-order valence-corrected chi connectivity index (χ0v) is 11.9. The smallest absolute Gasteiger partial charge is 0.0280 e. The predicted octanol–water partition coefficient (Wildman–Crippen LogP) is 4.81. The summed E-state index contributed by atoms with van der Waals surface area (Å²) in [5.41, 5.74) is 5.87. The fourth-order valence-electron chi connectivity index (χ4n) is 2.18. The molecule has 1 aromatic carbocycles. The van der Waals surface area contributed by atoms with Crippen LogP contribution in [0, 0.1) is 26.2 Å². The molecule has 0 heterocycles. The zero-order chi connectivity index (χ0) is 12.3. The Morgan fingerprint density at radius 1 is 1.12 bits per heavy atom. The highest BCUT2D eigenvalue weighted by Gasteiger charge is 2.23. The Balaban J connectivity index is 3.06. The normalized spacial score (nSPS) is 14.9. The highest BCUT2D eigenvalue weighted by Crippen LogP contribution is 2.31. The lowest BCUT2D eigenvalue weighted by Crippen LogP contribution is -2.21. The van der Waals surface area contributed by atoms with Gasteiger partial charge in [0.25, 0.3) is 0 Å². The molecule has 0 aromatic heterocycles. The molecule has 16 heavy (non-hydrogen) atoms. The maximum atomic E-state index is 6.09. The summed E-state index contributed by atoms with van der Waals surface area (Å²) >= 11 is 6.09. The predicted molar refractivity (Wildman–Crippen MR) is 73.5 cm³/mol. The van der Waals surface area contributed by atoms with Crippen molar-refractivity contribution >= 4 is 11.6 Å². The van der Waals surface area contributed by atoms with E-state index >= 15 is 0 Å². The van der Waals surface area contributed by atoms with Gasteiger partial charge in [-0.05, 0) is 55.7 Å². The molecule has 0 saturated carbocycles. The molecule has 1 heteroatoms. The molecule has 0 spiro atoms. The summed E-state index contributed by atoms with van der Waals surface area (Å²) in [6.07, 6.45) is 2.22. The summed E-state index contributed by atoms with van der Waals surface area (Å²) in [4.78, 5) is 0. The van der Waals surface area contributed by atoms with Gasteiger partial charge in [-0.2, -0.15) is 0 Å². The molecular weight excluding hydrogens is 216 g/mol. The molecule has 1 unspecified atom stereocenters. The summed E-state index contributed by atoms with van der Waals surface area (Å²) in [6.45, 7) is 11.1. The van der Waals surface area contributed by atoms with Gasteiger partial charge in [-0.1, -0.05) is 31.5 Å². The van der Waals surface area contributed by atoms with Crippen LogP contribution in [0.3, 0.4) is 0 Å². The van der Waals surface area contributed by atoms with E-state index in [1.165, 1.54) is 22.3 Å². The first kappa shape index (κ1) is 13.6. The average Bonchev–Trinajstić information content (AvgIpc) is 2.23. The van der Waals surface area contributed by atoms with Crippen molar-refractivity contribution in [3.63, 3.8) is 0 Å². The molecule has 90 valence electrons. The molecule has 0 aliphatic heterocycles. The molecule has 0 amide bonds. The summed E-state index contributed by atoms with van der Waals surface area (Å²) in [5, 5.41) is 0. The number of benzene rings is 1. The third kappa shape index (κ3) is 3.01. The van der Waals surface area contributed by atoms with Gasteiger partial charge in [0.05, 0.1) is 0 Å². The number of hydrogen-bond acceptors (Lipinski definition) is 0. The summed E-state index contributed by atoms with van der Waals surface area (Å²) in [7, 11) is 0. The summed E-state index contributed by atoms with van der Waals surface area (Å²) < 4.78 is 0. The fraction of sp³-hybridized carbons (Fsp3) is 0.600. The van der Waals surface area contributed by atoms with E-state index in [-0.39, 0.29) is 5.41 Å². The van der Waals surface area contributed by atoms with Crippen LogP contribution in [0.5, 0.6) is 0 Å². The molecule has 0 aliphatic carbocycles. The number of alkyl halides is 1. The first-order valence-corrected chi connectivity index (χ1v) is 6.58. The van der Waals surface area contributed by atoms with E-state index in [1.807, 2.05) is 0 Å². The van der Waals surface area contributed by atoms with Crippen molar-refractivity contribution in [1.29, 1.82) is 0 Å². The highest BCUT2D eigenvalue weighted by molar-refractivity contribution is 6.18. The van der Waals surface area contributed by atoms with E-state index in [4.69, 9.17) is 11.6 Å². The number of rotatable bonds is 4. The molecule has 1 aromatic rings. The Kier molecular flexibility index (Phi) is 4.43.